The zero-order valence-corrected chi connectivity index (χ0v) is 8.43. The van der Waals surface area contributed by atoms with Gasteiger partial charge in [0.05, 0.1) is 6.10 Å². The van der Waals surface area contributed by atoms with Gasteiger partial charge in [0.2, 0.25) is 0 Å². The second kappa shape index (κ2) is 3.87. The van der Waals surface area contributed by atoms with Gasteiger partial charge in [-0.3, -0.25) is 0 Å². The molecule has 0 aliphatic heterocycles. The summed E-state index contributed by atoms with van der Waals surface area (Å²) < 4.78 is 5.29. The highest BCUT2D eigenvalue weighted by Gasteiger charge is 2.23. The van der Waals surface area contributed by atoms with Crippen LogP contribution in [0.3, 0.4) is 0 Å². The Balaban J connectivity index is 2.48. The van der Waals surface area contributed by atoms with Crippen LogP contribution in [0, 0.1) is 0 Å². The van der Waals surface area contributed by atoms with Gasteiger partial charge in [-0.15, -0.1) is 0 Å². The molecule has 0 heterocycles. The van der Waals surface area contributed by atoms with Crippen molar-refractivity contribution >= 4 is 12.0 Å². The standard InChI is InChI=1S/C12H12O3/c1-15-11-7-9(12(13)14)6-8-4-2-3-5-10(8)11/h2-6,11H,7H2,1H3,(H,13,14)/t11-/m0/s1. The first-order chi connectivity index (χ1) is 7.22. The summed E-state index contributed by atoms with van der Waals surface area (Å²) in [7, 11) is 1.60. The lowest BCUT2D eigenvalue weighted by molar-refractivity contribution is -0.133. The number of benzene rings is 1. The van der Waals surface area contributed by atoms with Crippen LogP contribution in [-0.4, -0.2) is 18.2 Å². The molecule has 0 unspecified atom stereocenters. The quantitative estimate of drug-likeness (QED) is 0.803. The zero-order valence-electron chi connectivity index (χ0n) is 8.43. The number of hydrogen-bond acceptors (Lipinski definition) is 2. The molecular formula is C12H12O3. The van der Waals surface area contributed by atoms with Crippen LogP contribution < -0.4 is 0 Å². The number of fused-ring (bicyclic) bond motifs is 1. The number of carboxylic acids is 1. The minimum atomic E-state index is -0.869. The number of rotatable bonds is 2. The summed E-state index contributed by atoms with van der Waals surface area (Å²) in [5.74, 6) is -0.869. The molecule has 1 aromatic rings. The van der Waals surface area contributed by atoms with Crippen molar-refractivity contribution in [1.82, 2.24) is 0 Å². The van der Waals surface area contributed by atoms with Gasteiger partial charge in [0.15, 0.2) is 0 Å². The summed E-state index contributed by atoms with van der Waals surface area (Å²) in [5.41, 5.74) is 2.40. The fourth-order valence-electron chi connectivity index (χ4n) is 1.85. The van der Waals surface area contributed by atoms with Crippen molar-refractivity contribution in [3.05, 3.63) is 41.0 Å². The fraction of sp³-hybridized carbons (Fsp3) is 0.250. The highest BCUT2D eigenvalue weighted by Crippen LogP contribution is 2.33. The number of methoxy groups -OCH3 is 1. The van der Waals surface area contributed by atoms with E-state index < -0.39 is 5.97 Å². The van der Waals surface area contributed by atoms with E-state index in [2.05, 4.69) is 0 Å². The summed E-state index contributed by atoms with van der Waals surface area (Å²) >= 11 is 0. The molecule has 15 heavy (non-hydrogen) atoms. The van der Waals surface area contributed by atoms with Gasteiger partial charge < -0.3 is 9.84 Å². The van der Waals surface area contributed by atoms with E-state index in [9.17, 15) is 4.79 Å². The third kappa shape index (κ3) is 1.78. The van der Waals surface area contributed by atoms with Crippen molar-refractivity contribution in [3.8, 4) is 0 Å². The predicted octanol–water partition coefficient (Wildman–Crippen LogP) is 2.25. The van der Waals surface area contributed by atoms with Crippen molar-refractivity contribution in [2.45, 2.75) is 12.5 Å². The lowest BCUT2D eigenvalue weighted by Crippen LogP contribution is -2.13. The van der Waals surface area contributed by atoms with Crippen LogP contribution in [0.25, 0.3) is 6.08 Å². The van der Waals surface area contributed by atoms with Gasteiger partial charge in [0, 0.05) is 19.1 Å². The molecule has 3 heteroatoms. The lowest BCUT2D eigenvalue weighted by Gasteiger charge is -2.22. The van der Waals surface area contributed by atoms with Gasteiger partial charge in [-0.1, -0.05) is 24.3 Å². The Hall–Kier alpha value is -1.61. The van der Waals surface area contributed by atoms with Crippen LogP contribution >= 0.6 is 0 Å². The van der Waals surface area contributed by atoms with Gasteiger partial charge >= 0.3 is 5.97 Å². The molecule has 0 spiro atoms. The fourth-order valence-corrected chi connectivity index (χ4v) is 1.85. The Morgan fingerprint density at radius 1 is 1.47 bits per heavy atom. The van der Waals surface area contributed by atoms with Crippen LogP contribution in [0.1, 0.15) is 23.7 Å². The first-order valence-electron chi connectivity index (χ1n) is 4.78. The second-order valence-electron chi connectivity index (χ2n) is 3.53. The first kappa shape index (κ1) is 9.93. The van der Waals surface area contributed by atoms with E-state index in [-0.39, 0.29) is 6.10 Å². The van der Waals surface area contributed by atoms with Crippen molar-refractivity contribution in [3.63, 3.8) is 0 Å². The maximum Gasteiger partial charge on any atom is 0.331 e. The van der Waals surface area contributed by atoms with Crippen LogP contribution in [0.5, 0.6) is 0 Å². The van der Waals surface area contributed by atoms with Crippen LogP contribution in [-0.2, 0) is 9.53 Å². The van der Waals surface area contributed by atoms with E-state index in [4.69, 9.17) is 9.84 Å². The molecular weight excluding hydrogens is 192 g/mol. The maximum absolute atomic E-state index is 10.9. The predicted molar refractivity (Wildman–Crippen MR) is 56.4 cm³/mol. The Morgan fingerprint density at radius 3 is 2.87 bits per heavy atom. The smallest absolute Gasteiger partial charge is 0.331 e. The highest BCUT2D eigenvalue weighted by atomic mass is 16.5. The molecule has 2 rings (SSSR count). The summed E-state index contributed by atoms with van der Waals surface area (Å²) in [6.07, 6.45) is 2.01. The molecule has 0 aromatic heterocycles. The molecule has 1 aliphatic rings. The molecule has 0 bridgehead atoms. The number of aliphatic carboxylic acids is 1. The van der Waals surface area contributed by atoms with E-state index in [0.717, 1.165) is 11.1 Å². The van der Waals surface area contributed by atoms with E-state index in [0.29, 0.717) is 12.0 Å². The Morgan fingerprint density at radius 2 is 2.20 bits per heavy atom. The van der Waals surface area contributed by atoms with E-state index in [1.54, 1.807) is 13.2 Å². The van der Waals surface area contributed by atoms with E-state index >= 15 is 0 Å². The summed E-state index contributed by atoms with van der Waals surface area (Å²) in [6.45, 7) is 0. The topological polar surface area (TPSA) is 46.5 Å². The minimum absolute atomic E-state index is 0.141. The molecule has 3 nitrogen and oxygen atoms in total. The van der Waals surface area contributed by atoms with E-state index in [1.807, 2.05) is 24.3 Å². The van der Waals surface area contributed by atoms with Crippen molar-refractivity contribution in [1.29, 1.82) is 0 Å². The molecule has 0 fully saturated rings. The van der Waals surface area contributed by atoms with Crippen LogP contribution in [0.4, 0.5) is 0 Å². The molecule has 1 N–H and O–H groups in total. The Bertz CT molecular complexity index is 421. The first-order valence-corrected chi connectivity index (χ1v) is 4.78. The molecule has 0 amide bonds. The molecule has 1 aliphatic carbocycles. The second-order valence-corrected chi connectivity index (χ2v) is 3.53. The number of carbonyl (C=O) groups is 1. The van der Waals surface area contributed by atoms with Gasteiger partial charge in [0.1, 0.15) is 0 Å². The third-order valence-corrected chi connectivity index (χ3v) is 2.64. The van der Waals surface area contributed by atoms with Gasteiger partial charge in [-0.25, -0.2) is 4.79 Å². The molecule has 0 saturated carbocycles. The van der Waals surface area contributed by atoms with Crippen molar-refractivity contribution in [2.24, 2.45) is 0 Å². The Kier molecular flexibility index (Phi) is 2.56. The number of ether oxygens (including phenoxy) is 1. The molecule has 1 aromatic carbocycles. The minimum Gasteiger partial charge on any atom is -0.478 e. The van der Waals surface area contributed by atoms with Gasteiger partial charge in [0.25, 0.3) is 0 Å². The molecule has 0 saturated heterocycles. The average molecular weight is 204 g/mol. The van der Waals surface area contributed by atoms with Crippen LogP contribution in [0.2, 0.25) is 0 Å². The monoisotopic (exact) mass is 204 g/mol. The average Bonchev–Trinajstić information content (AvgIpc) is 2.27. The zero-order chi connectivity index (χ0) is 10.8. The van der Waals surface area contributed by atoms with Crippen molar-refractivity contribution in [2.75, 3.05) is 7.11 Å². The summed E-state index contributed by atoms with van der Waals surface area (Å²) in [4.78, 5) is 10.9. The molecule has 1 atom stereocenters. The largest absolute Gasteiger partial charge is 0.478 e. The summed E-state index contributed by atoms with van der Waals surface area (Å²) in [6, 6.07) is 7.71. The van der Waals surface area contributed by atoms with Crippen molar-refractivity contribution < 1.29 is 14.6 Å². The van der Waals surface area contributed by atoms with Gasteiger partial charge in [-0.2, -0.15) is 0 Å². The molecule has 0 radical (unpaired) electrons. The number of carboxylic acid groups (broad SMARTS) is 1. The molecule has 78 valence electrons. The van der Waals surface area contributed by atoms with Crippen LogP contribution in [0.15, 0.2) is 29.8 Å². The number of hydrogen-bond donors (Lipinski definition) is 1. The van der Waals surface area contributed by atoms with E-state index in [1.165, 1.54) is 0 Å². The maximum atomic E-state index is 10.9. The summed E-state index contributed by atoms with van der Waals surface area (Å²) in [5, 5.41) is 8.95. The third-order valence-electron chi connectivity index (χ3n) is 2.64. The lowest BCUT2D eigenvalue weighted by atomic mass is 9.90. The van der Waals surface area contributed by atoms with Gasteiger partial charge in [-0.05, 0) is 17.2 Å². The normalized spacial score (nSPS) is 19.3. The highest BCUT2D eigenvalue weighted by molar-refractivity contribution is 5.93. The Labute approximate surface area is 88.0 Å². The SMILES string of the molecule is CO[C@H]1CC(C(=O)O)=Cc2ccccc21.